The summed E-state index contributed by atoms with van der Waals surface area (Å²) < 4.78 is 15.7. The Morgan fingerprint density at radius 1 is 1.15 bits per heavy atom. The Kier molecular flexibility index (Phi) is 4.06. The SMILES string of the molecule is Cc1ccc2c(c1)c1c(n2CC(N)c2ccc(F)cc2)CCN2CCCC12. The lowest BCUT2D eigenvalue weighted by Crippen LogP contribution is -2.32. The monoisotopic (exact) mass is 363 g/mol. The Morgan fingerprint density at radius 2 is 1.96 bits per heavy atom. The van der Waals surface area contributed by atoms with Crippen LogP contribution < -0.4 is 5.73 Å². The van der Waals surface area contributed by atoms with Gasteiger partial charge in [0.2, 0.25) is 0 Å². The molecule has 1 fully saturated rings. The third-order valence-electron chi connectivity index (χ3n) is 6.38. The van der Waals surface area contributed by atoms with E-state index in [1.165, 1.54) is 59.2 Å². The quantitative estimate of drug-likeness (QED) is 0.744. The van der Waals surface area contributed by atoms with Crippen LogP contribution in [0.3, 0.4) is 0 Å². The van der Waals surface area contributed by atoms with Gasteiger partial charge in [0.25, 0.3) is 0 Å². The molecule has 0 bridgehead atoms. The molecule has 140 valence electrons. The van der Waals surface area contributed by atoms with E-state index in [1.807, 2.05) is 0 Å². The summed E-state index contributed by atoms with van der Waals surface area (Å²) >= 11 is 0. The normalized spacial score (nSPS) is 20.6. The molecule has 4 heteroatoms. The molecule has 3 heterocycles. The molecule has 2 aromatic carbocycles. The van der Waals surface area contributed by atoms with E-state index < -0.39 is 0 Å². The highest BCUT2D eigenvalue weighted by atomic mass is 19.1. The Balaban J connectivity index is 1.61. The van der Waals surface area contributed by atoms with Crippen molar-refractivity contribution in [2.75, 3.05) is 13.1 Å². The third-order valence-corrected chi connectivity index (χ3v) is 6.38. The summed E-state index contributed by atoms with van der Waals surface area (Å²) in [7, 11) is 0. The fourth-order valence-corrected chi connectivity index (χ4v) is 5.08. The van der Waals surface area contributed by atoms with E-state index >= 15 is 0 Å². The van der Waals surface area contributed by atoms with Gasteiger partial charge < -0.3 is 10.3 Å². The molecule has 2 aliphatic heterocycles. The number of halogens is 1. The number of hydrogen-bond acceptors (Lipinski definition) is 2. The molecular weight excluding hydrogens is 337 g/mol. The molecule has 27 heavy (non-hydrogen) atoms. The smallest absolute Gasteiger partial charge is 0.123 e. The van der Waals surface area contributed by atoms with Crippen molar-refractivity contribution < 1.29 is 4.39 Å². The zero-order valence-electron chi connectivity index (χ0n) is 15.8. The van der Waals surface area contributed by atoms with Crippen LogP contribution >= 0.6 is 0 Å². The molecule has 0 amide bonds. The summed E-state index contributed by atoms with van der Waals surface area (Å²) in [4.78, 5) is 2.65. The highest BCUT2D eigenvalue weighted by molar-refractivity contribution is 5.87. The molecular formula is C23H26FN3. The van der Waals surface area contributed by atoms with Crippen molar-refractivity contribution in [3.8, 4) is 0 Å². The van der Waals surface area contributed by atoms with E-state index in [2.05, 4.69) is 34.6 Å². The second-order valence-electron chi connectivity index (χ2n) is 8.09. The largest absolute Gasteiger partial charge is 0.342 e. The van der Waals surface area contributed by atoms with Gasteiger partial charge in [-0.15, -0.1) is 0 Å². The molecule has 0 saturated carbocycles. The lowest BCUT2D eigenvalue weighted by atomic mass is 9.95. The van der Waals surface area contributed by atoms with Crippen LogP contribution in [0.15, 0.2) is 42.5 Å². The maximum absolute atomic E-state index is 13.3. The van der Waals surface area contributed by atoms with E-state index in [0.29, 0.717) is 6.04 Å². The fourth-order valence-electron chi connectivity index (χ4n) is 5.08. The number of fused-ring (bicyclic) bond motifs is 5. The second-order valence-corrected chi connectivity index (χ2v) is 8.09. The van der Waals surface area contributed by atoms with Crippen LogP contribution in [-0.2, 0) is 13.0 Å². The van der Waals surface area contributed by atoms with Gasteiger partial charge >= 0.3 is 0 Å². The molecule has 1 aromatic heterocycles. The van der Waals surface area contributed by atoms with Crippen LogP contribution in [0, 0.1) is 12.7 Å². The molecule has 0 spiro atoms. The highest BCUT2D eigenvalue weighted by Crippen LogP contribution is 2.43. The summed E-state index contributed by atoms with van der Waals surface area (Å²) in [5.41, 5.74) is 13.1. The van der Waals surface area contributed by atoms with Crippen LogP contribution in [0.5, 0.6) is 0 Å². The molecule has 2 unspecified atom stereocenters. The Bertz CT molecular complexity index is 989. The Hall–Kier alpha value is -2.17. The standard InChI is InChI=1S/C23H26FN3/c1-15-4-9-20-18(13-15)23-21-3-2-11-26(21)12-10-22(23)27(20)14-19(25)16-5-7-17(24)8-6-16/h4-9,13,19,21H,2-3,10-12,14,25H2,1H3. The molecule has 2 atom stereocenters. The average Bonchev–Trinajstić information content (AvgIpc) is 3.25. The van der Waals surface area contributed by atoms with Gasteiger partial charge in [-0.25, -0.2) is 4.39 Å². The minimum absolute atomic E-state index is 0.145. The summed E-state index contributed by atoms with van der Waals surface area (Å²) in [6, 6.07) is 13.8. The zero-order chi connectivity index (χ0) is 18.5. The Labute approximate surface area is 159 Å². The van der Waals surface area contributed by atoms with Gasteiger partial charge in [-0.05, 0) is 61.7 Å². The van der Waals surface area contributed by atoms with E-state index in [4.69, 9.17) is 5.73 Å². The fraction of sp³-hybridized carbons (Fsp3) is 0.391. The van der Waals surface area contributed by atoms with Crippen LogP contribution in [0.25, 0.3) is 10.9 Å². The van der Waals surface area contributed by atoms with Crippen molar-refractivity contribution in [3.05, 3.63) is 70.7 Å². The summed E-state index contributed by atoms with van der Waals surface area (Å²) in [5, 5.41) is 1.40. The van der Waals surface area contributed by atoms with Crippen molar-refractivity contribution >= 4 is 10.9 Å². The molecule has 2 N–H and O–H groups in total. The molecule has 1 saturated heterocycles. The summed E-state index contributed by atoms with van der Waals surface area (Å²) in [5.74, 6) is -0.216. The van der Waals surface area contributed by atoms with Crippen LogP contribution in [-0.4, -0.2) is 22.6 Å². The molecule has 5 rings (SSSR count). The molecule has 3 nitrogen and oxygen atoms in total. The lowest BCUT2D eigenvalue weighted by molar-refractivity contribution is 0.241. The first-order chi connectivity index (χ1) is 13.1. The zero-order valence-corrected chi connectivity index (χ0v) is 15.8. The van der Waals surface area contributed by atoms with Gasteiger partial charge in [0.05, 0.1) is 0 Å². The number of nitrogens with two attached hydrogens (primary N) is 1. The maximum Gasteiger partial charge on any atom is 0.123 e. The lowest BCUT2D eigenvalue weighted by Gasteiger charge is -2.31. The molecule has 0 radical (unpaired) electrons. The van der Waals surface area contributed by atoms with E-state index in [0.717, 1.165) is 25.1 Å². The van der Waals surface area contributed by atoms with E-state index in [9.17, 15) is 4.39 Å². The predicted molar refractivity (Wildman–Crippen MR) is 107 cm³/mol. The van der Waals surface area contributed by atoms with Crippen LogP contribution in [0.4, 0.5) is 4.39 Å². The predicted octanol–water partition coefficient (Wildman–Crippen LogP) is 4.48. The van der Waals surface area contributed by atoms with Crippen molar-refractivity contribution in [1.29, 1.82) is 0 Å². The van der Waals surface area contributed by atoms with E-state index in [-0.39, 0.29) is 11.9 Å². The first-order valence-corrected chi connectivity index (χ1v) is 9.98. The number of rotatable bonds is 3. The Morgan fingerprint density at radius 3 is 2.78 bits per heavy atom. The number of benzene rings is 2. The van der Waals surface area contributed by atoms with E-state index in [1.54, 1.807) is 12.1 Å². The summed E-state index contributed by atoms with van der Waals surface area (Å²) in [6.07, 6.45) is 3.62. The molecule has 0 aliphatic carbocycles. The van der Waals surface area contributed by atoms with Crippen LogP contribution in [0.2, 0.25) is 0 Å². The average molecular weight is 363 g/mol. The first-order valence-electron chi connectivity index (χ1n) is 9.98. The first kappa shape index (κ1) is 17.0. The number of hydrogen-bond donors (Lipinski definition) is 1. The van der Waals surface area contributed by atoms with Crippen molar-refractivity contribution in [2.45, 2.75) is 44.8 Å². The molecule has 2 aliphatic rings. The van der Waals surface area contributed by atoms with Gasteiger partial charge in [0, 0.05) is 48.2 Å². The van der Waals surface area contributed by atoms with Crippen LogP contribution in [0.1, 0.15) is 47.3 Å². The van der Waals surface area contributed by atoms with Gasteiger partial charge in [-0.1, -0.05) is 23.8 Å². The minimum atomic E-state index is -0.216. The number of aromatic nitrogens is 1. The topological polar surface area (TPSA) is 34.2 Å². The summed E-state index contributed by atoms with van der Waals surface area (Å²) in [6.45, 7) is 5.26. The minimum Gasteiger partial charge on any atom is -0.342 e. The maximum atomic E-state index is 13.3. The van der Waals surface area contributed by atoms with Gasteiger partial charge in [-0.2, -0.15) is 0 Å². The van der Waals surface area contributed by atoms with Gasteiger partial charge in [-0.3, -0.25) is 4.90 Å². The van der Waals surface area contributed by atoms with Crippen molar-refractivity contribution in [3.63, 3.8) is 0 Å². The van der Waals surface area contributed by atoms with Gasteiger partial charge in [0.1, 0.15) is 5.82 Å². The highest BCUT2D eigenvalue weighted by Gasteiger charge is 2.35. The molecule has 3 aromatic rings. The van der Waals surface area contributed by atoms with Crippen molar-refractivity contribution in [1.82, 2.24) is 9.47 Å². The third kappa shape index (κ3) is 2.79. The second kappa shape index (κ2) is 6.47. The number of aryl methyl sites for hydroxylation is 1. The van der Waals surface area contributed by atoms with Crippen molar-refractivity contribution in [2.24, 2.45) is 5.73 Å². The van der Waals surface area contributed by atoms with Gasteiger partial charge in [0.15, 0.2) is 0 Å². The number of nitrogens with zero attached hydrogens (tertiary/aromatic N) is 2.